The first kappa shape index (κ1) is 39.2. The van der Waals surface area contributed by atoms with Gasteiger partial charge in [-0.3, -0.25) is 9.80 Å². The first-order chi connectivity index (χ1) is 18.7. The molecule has 0 aromatic carbocycles. The maximum absolute atomic E-state index is 13.8. The maximum Gasteiger partial charge on any atom is 0.261 e. The Morgan fingerprint density at radius 2 is 1.17 bits per heavy atom. The zero-order valence-corrected chi connectivity index (χ0v) is 29.8. The van der Waals surface area contributed by atoms with Gasteiger partial charge in [0.2, 0.25) is 0 Å². The highest BCUT2D eigenvalue weighted by Crippen LogP contribution is 2.52. The molecule has 3 saturated heterocycles. The van der Waals surface area contributed by atoms with E-state index in [0.717, 1.165) is 19.5 Å². The van der Waals surface area contributed by atoms with E-state index < -0.39 is 11.6 Å². The van der Waals surface area contributed by atoms with Gasteiger partial charge < -0.3 is 4.90 Å². The number of nitriles is 1. The van der Waals surface area contributed by atoms with Crippen LogP contribution in [0, 0.1) is 38.9 Å². The number of hydrogen-bond acceptors (Lipinski definition) is 4. The summed E-state index contributed by atoms with van der Waals surface area (Å²) in [7, 11) is 0. The van der Waals surface area contributed by atoms with E-state index in [1.54, 1.807) is 6.92 Å². The summed E-state index contributed by atoms with van der Waals surface area (Å²) in [6, 6.07) is 2.67. The molecule has 3 heterocycles. The number of likely N-dealkylation sites (tertiary alicyclic amines) is 3. The average Bonchev–Trinajstić information content (AvgIpc) is 3.18. The third-order valence-electron chi connectivity index (χ3n) is 7.64. The molecule has 3 unspecified atom stereocenters. The van der Waals surface area contributed by atoms with Crippen molar-refractivity contribution in [3.8, 4) is 6.07 Å². The van der Waals surface area contributed by atoms with Crippen molar-refractivity contribution in [3.63, 3.8) is 0 Å². The van der Waals surface area contributed by atoms with Crippen molar-refractivity contribution >= 4 is 0 Å². The highest BCUT2D eigenvalue weighted by atomic mass is 19.3. The van der Waals surface area contributed by atoms with Crippen molar-refractivity contribution in [2.45, 2.75) is 140 Å². The number of halogens is 3. The maximum atomic E-state index is 13.8. The summed E-state index contributed by atoms with van der Waals surface area (Å²) in [5, 5.41) is 8.15. The Hall–Kier alpha value is -0.840. The minimum absolute atomic E-state index is 0.0308. The largest absolute Gasteiger partial charge is 0.303 e. The highest BCUT2D eigenvalue weighted by Gasteiger charge is 2.60. The summed E-state index contributed by atoms with van der Waals surface area (Å²) in [6.07, 6.45) is 4.59. The van der Waals surface area contributed by atoms with Gasteiger partial charge in [0.15, 0.2) is 0 Å². The van der Waals surface area contributed by atoms with Gasteiger partial charge in [-0.1, -0.05) is 83.1 Å². The number of fused-ring (bicyclic) bond motifs is 1. The normalized spacial score (nSPS) is 28.0. The van der Waals surface area contributed by atoms with Crippen molar-refractivity contribution in [3.05, 3.63) is 0 Å². The van der Waals surface area contributed by atoms with Crippen molar-refractivity contribution in [2.24, 2.45) is 27.6 Å². The van der Waals surface area contributed by atoms with E-state index in [9.17, 15) is 13.2 Å². The van der Waals surface area contributed by atoms with Crippen molar-refractivity contribution in [2.75, 3.05) is 52.4 Å². The van der Waals surface area contributed by atoms with Gasteiger partial charge in [-0.2, -0.15) is 5.26 Å². The molecule has 4 fully saturated rings. The molecule has 0 aromatic rings. The Morgan fingerprint density at radius 3 is 1.45 bits per heavy atom. The third-order valence-corrected chi connectivity index (χ3v) is 7.64. The molecule has 4 nitrogen and oxygen atoms in total. The molecule has 248 valence electrons. The molecule has 4 rings (SSSR count). The summed E-state index contributed by atoms with van der Waals surface area (Å²) in [5.74, 6) is -2.10. The first-order valence-electron chi connectivity index (χ1n) is 16.3. The van der Waals surface area contributed by atoms with Crippen LogP contribution < -0.4 is 0 Å². The van der Waals surface area contributed by atoms with Crippen LogP contribution in [0.1, 0.15) is 122 Å². The van der Waals surface area contributed by atoms with Crippen LogP contribution in [-0.2, 0) is 0 Å². The molecule has 0 spiro atoms. The SMILES string of the molecule is CC(C)(C)CC#N.CC(C)(C)CN1CC(C)(F)C2CC21.CC(C)(C)CN1CCC(F)(F)C1.CC(C)(C)CN1CCCC1. The number of alkyl halides is 3. The minimum Gasteiger partial charge on any atom is -0.303 e. The Morgan fingerprint density at radius 1 is 0.690 bits per heavy atom. The molecule has 1 saturated carbocycles. The van der Waals surface area contributed by atoms with Crippen LogP contribution in [0.15, 0.2) is 0 Å². The molecular formula is C35H67F3N4. The fraction of sp³-hybridized carbons (Fsp3) is 0.971. The van der Waals surface area contributed by atoms with Gasteiger partial charge in [-0.15, -0.1) is 0 Å². The fourth-order valence-electron chi connectivity index (χ4n) is 6.11. The molecule has 42 heavy (non-hydrogen) atoms. The van der Waals surface area contributed by atoms with E-state index in [2.05, 4.69) is 99.0 Å². The standard InChI is InChI=1S/C11H20FN.C9H17F2N.C9H19N.C6H11N/c1-10(2,3)6-13-7-11(4,12)8-5-9(8)13;1-8(2,3)6-12-5-4-9(10,11)7-12;1-9(2,3)8-10-6-4-5-7-10;1-6(2,3)4-5-7/h8-9H,5-7H2,1-4H3;4-7H2,1-3H3;4-8H2,1-3H3;4H2,1-3H3. The number of hydrogen-bond donors (Lipinski definition) is 0. The molecule has 0 amide bonds. The van der Waals surface area contributed by atoms with Crippen LogP contribution in [0.4, 0.5) is 13.2 Å². The van der Waals surface area contributed by atoms with Crippen molar-refractivity contribution in [1.29, 1.82) is 5.26 Å². The molecule has 1 aliphatic carbocycles. The molecule has 7 heteroatoms. The smallest absolute Gasteiger partial charge is 0.261 e. The second kappa shape index (κ2) is 15.0. The van der Waals surface area contributed by atoms with E-state index in [4.69, 9.17) is 5.26 Å². The third kappa shape index (κ3) is 17.5. The summed E-state index contributed by atoms with van der Waals surface area (Å²) in [4.78, 5) is 6.75. The molecular weight excluding hydrogens is 533 g/mol. The van der Waals surface area contributed by atoms with Crippen LogP contribution in [-0.4, -0.2) is 84.7 Å². The van der Waals surface area contributed by atoms with E-state index >= 15 is 0 Å². The zero-order valence-electron chi connectivity index (χ0n) is 29.8. The van der Waals surface area contributed by atoms with Gasteiger partial charge in [0, 0.05) is 57.5 Å². The van der Waals surface area contributed by atoms with E-state index in [1.165, 1.54) is 32.5 Å². The monoisotopic (exact) mass is 601 g/mol. The van der Waals surface area contributed by atoms with Crippen molar-refractivity contribution in [1.82, 2.24) is 14.7 Å². The van der Waals surface area contributed by atoms with E-state index in [0.29, 0.717) is 42.3 Å². The fourth-order valence-corrected chi connectivity index (χ4v) is 6.11. The Balaban J connectivity index is 0.000000287. The second-order valence-corrected chi connectivity index (χ2v) is 18.5. The summed E-state index contributed by atoms with van der Waals surface area (Å²) < 4.78 is 39.3. The zero-order chi connectivity index (χ0) is 32.8. The minimum atomic E-state index is -2.44. The van der Waals surface area contributed by atoms with Crippen LogP contribution >= 0.6 is 0 Å². The predicted octanol–water partition coefficient (Wildman–Crippen LogP) is 8.91. The Bertz CT molecular complexity index is 831. The van der Waals surface area contributed by atoms with Gasteiger partial charge in [-0.25, -0.2) is 13.2 Å². The average molecular weight is 601 g/mol. The summed E-state index contributed by atoms with van der Waals surface area (Å²) >= 11 is 0. The molecule has 0 radical (unpaired) electrons. The predicted molar refractivity (Wildman–Crippen MR) is 173 cm³/mol. The molecule has 0 bridgehead atoms. The lowest BCUT2D eigenvalue weighted by atomic mass is 9.93. The Labute approximate surface area is 258 Å². The lowest BCUT2D eigenvalue weighted by molar-refractivity contribution is 0.00943. The number of nitrogens with zero attached hydrogens (tertiary/aromatic N) is 4. The van der Waals surface area contributed by atoms with E-state index in [-0.39, 0.29) is 23.8 Å². The van der Waals surface area contributed by atoms with Gasteiger partial charge >= 0.3 is 0 Å². The van der Waals surface area contributed by atoms with Crippen LogP contribution in [0.2, 0.25) is 0 Å². The summed E-state index contributed by atoms with van der Waals surface area (Å²) in [6.45, 7) is 34.6. The number of piperidine rings is 1. The first-order valence-corrected chi connectivity index (χ1v) is 16.3. The molecule has 3 aliphatic heterocycles. The number of rotatable bonds is 3. The molecule has 0 N–H and O–H groups in total. The van der Waals surface area contributed by atoms with Crippen LogP contribution in [0.3, 0.4) is 0 Å². The topological polar surface area (TPSA) is 33.5 Å². The second-order valence-electron chi connectivity index (χ2n) is 18.5. The Kier molecular flexibility index (Phi) is 14.0. The van der Waals surface area contributed by atoms with Gasteiger partial charge in [0.1, 0.15) is 5.67 Å². The lowest BCUT2D eigenvalue weighted by Crippen LogP contribution is -2.37. The highest BCUT2D eigenvalue weighted by molar-refractivity contribution is 5.13. The van der Waals surface area contributed by atoms with Crippen LogP contribution in [0.25, 0.3) is 0 Å². The summed E-state index contributed by atoms with van der Waals surface area (Å²) in [5.41, 5.74) is 0.197. The lowest BCUT2D eigenvalue weighted by Gasteiger charge is -2.29. The van der Waals surface area contributed by atoms with E-state index in [1.807, 2.05) is 4.90 Å². The van der Waals surface area contributed by atoms with Crippen molar-refractivity contribution < 1.29 is 13.2 Å². The van der Waals surface area contributed by atoms with Gasteiger partial charge in [0.05, 0.1) is 12.6 Å². The van der Waals surface area contributed by atoms with Gasteiger partial charge in [-0.05, 0) is 60.9 Å². The van der Waals surface area contributed by atoms with Crippen LogP contribution in [0.5, 0.6) is 0 Å². The quantitative estimate of drug-likeness (QED) is 0.324. The molecule has 3 atom stereocenters. The molecule has 4 aliphatic rings. The molecule has 0 aromatic heterocycles. The van der Waals surface area contributed by atoms with Gasteiger partial charge in [0.25, 0.3) is 5.92 Å².